The first-order chi connectivity index (χ1) is 8.18. The highest BCUT2D eigenvalue weighted by Crippen LogP contribution is 2.08. The molecular formula is C11H12N4O2. The van der Waals surface area contributed by atoms with Crippen molar-refractivity contribution in [1.82, 2.24) is 19.1 Å². The van der Waals surface area contributed by atoms with Gasteiger partial charge < -0.3 is 0 Å². The average Bonchev–Trinajstić information content (AvgIpc) is 3.00. The zero-order chi connectivity index (χ0) is 12.3. The molecule has 0 saturated heterocycles. The van der Waals surface area contributed by atoms with Gasteiger partial charge in [-0.25, -0.2) is 9.97 Å². The summed E-state index contributed by atoms with van der Waals surface area (Å²) in [7, 11) is 0. The lowest BCUT2D eigenvalue weighted by molar-refractivity contribution is 0.0771. The Morgan fingerprint density at radius 1 is 1.12 bits per heavy atom. The largest absolute Gasteiger partial charge is 0.276 e. The molecule has 0 aliphatic rings. The van der Waals surface area contributed by atoms with E-state index in [1.165, 1.54) is 34.2 Å². The van der Waals surface area contributed by atoms with Crippen LogP contribution in [0.15, 0.2) is 37.4 Å². The van der Waals surface area contributed by atoms with E-state index in [-0.39, 0.29) is 24.2 Å². The van der Waals surface area contributed by atoms with E-state index < -0.39 is 0 Å². The van der Waals surface area contributed by atoms with E-state index in [1.807, 2.05) is 0 Å². The van der Waals surface area contributed by atoms with Crippen LogP contribution in [0.3, 0.4) is 0 Å². The van der Waals surface area contributed by atoms with Gasteiger partial charge in [0.05, 0.1) is 0 Å². The lowest BCUT2D eigenvalue weighted by atomic mass is 10.1. The smallest absolute Gasteiger partial charge is 0.235 e. The van der Waals surface area contributed by atoms with Crippen molar-refractivity contribution in [3.8, 4) is 0 Å². The molecule has 0 N–H and O–H groups in total. The second-order valence-electron chi connectivity index (χ2n) is 3.78. The van der Waals surface area contributed by atoms with Gasteiger partial charge in [0.15, 0.2) is 0 Å². The molecule has 2 rings (SSSR count). The van der Waals surface area contributed by atoms with Gasteiger partial charge in [-0.3, -0.25) is 18.7 Å². The van der Waals surface area contributed by atoms with E-state index in [9.17, 15) is 9.59 Å². The molecule has 2 heterocycles. The van der Waals surface area contributed by atoms with E-state index in [0.717, 1.165) is 0 Å². The highest BCUT2D eigenvalue weighted by molar-refractivity contribution is 5.87. The SMILES string of the molecule is CC(CC(=O)n1ccnc1)C(=O)n1ccnc1. The zero-order valence-electron chi connectivity index (χ0n) is 9.35. The number of nitrogens with zero attached hydrogens (tertiary/aromatic N) is 4. The van der Waals surface area contributed by atoms with Gasteiger partial charge in [0.1, 0.15) is 12.7 Å². The Balaban J connectivity index is 2.00. The number of carbonyl (C=O) groups is 2. The summed E-state index contributed by atoms with van der Waals surface area (Å²) >= 11 is 0. The first kappa shape index (κ1) is 11.3. The van der Waals surface area contributed by atoms with Crippen molar-refractivity contribution >= 4 is 11.8 Å². The number of hydrogen-bond donors (Lipinski definition) is 0. The van der Waals surface area contributed by atoms with Crippen LogP contribution in [0, 0.1) is 5.92 Å². The van der Waals surface area contributed by atoms with Crippen LogP contribution < -0.4 is 0 Å². The van der Waals surface area contributed by atoms with E-state index in [0.29, 0.717) is 0 Å². The molecule has 0 spiro atoms. The van der Waals surface area contributed by atoms with Crippen LogP contribution in [0.2, 0.25) is 0 Å². The maximum absolute atomic E-state index is 11.9. The number of aromatic nitrogens is 4. The van der Waals surface area contributed by atoms with E-state index in [2.05, 4.69) is 9.97 Å². The molecule has 6 nitrogen and oxygen atoms in total. The minimum Gasteiger partial charge on any atom is -0.276 e. The summed E-state index contributed by atoms with van der Waals surface area (Å²) < 4.78 is 2.75. The fourth-order valence-electron chi connectivity index (χ4n) is 1.51. The summed E-state index contributed by atoms with van der Waals surface area (Å²) in [6.07, 6.45) is 9.20. The maximum Gasteiger partial charge on any atom is 0.235 e. The normalized spacial score (nSPS) is 12.3. The summed E-state index contributed by atoms with van der Waals surface area (Å²) in [4.78, 5) is 31.2. The number of carbonyl (C=O) groups excluding carboxylic acids is 2. The van der Waals surface area contributed by atoms with Crippen LogP contribution >= 0.6 is 0 Å². The van der Waals surface area contributed by atoms with Gasteiger partial charge in [-0.15, -0.1) is 0 Å². The van der Waals surface area contributed by atoms with Crippen molar-refractivity contribution in [3.05, 3.63) is 37.4 Å². The lowest BCUT2D eigenvalue weighted by Gasteiger charge is -2.09. The first-order valence-electron chi connectivity index (χ1n) is 5.22. The summed E-state index contributed by atoms with van der Waals surface area (Å²) in [5.74, 6) is -0.682. The van der Waals surface area contributed by atoms with Crippen molar-refractivity contribution in [2.75, 3.05) is 0 Å². The molecule has 2 aromatic heterocycles. The average molecular weight is 232 g/mol. The second kappa shape index (κ2) is 4.73. The minimum atomic E-state index is -0.390. The standard InChI is InChI=1S/C11H12N4O2/c1-9(11(17)15-5-3-13-8-15)6-10(16)14-4-2-12-7-14/h2-5,7-9H,6H2,1H3. The molecule has 0 radical (unpaired) electrons. The van der Waals surface area contributed by atoms with Gasteiger partial charge in [0.25, 0.3) is 0 Å². The molecule has 0 saturated carbocycles. The van der Waals surface area contributed by atoms with Crippen LogP contribution in [0.25, 0.3) is 0 Å². The van der Waals surface area contributed by atoms with Gasteiger partial charge in [-0.1, -0.05) is 6.92 Å². The van der Waals surface area contributed by atoms with Gasteiger partial charge in [-0.2, -0.15) is 0 Å². The summed E-state index contributed by atoms with van der Waals surface area (Å²) in [5, 5.41) is 0. The molecule has 0 bridgehead atoms. The monoisotopic (exact) mass is 232 g/mol. The Bertz CT molecular complexity index is 502. The molecule has 1 atom stereocenters. The van der Waals surface area contributed by atoms with E-state index in [4.69, 9.17) is 0 Å². The Labute approximate surface area is 97.9 Å². The lowest BCUT2D eigenvalue weighted by Crippen LogP contribution is -2.22. The summed E-state index contributed by atoms with van der Waals surface area (Å²) in [5.41, 5.74) is 0. The predicted octanol–water partition coefficient (Wildman–Crippen LogP) is 1.09. The molecule has 0 aliphatic heterocycles. The molecule has 0 fully saturated rings. The van der Waals surface area contributed by atoms with Crippen LogP contribution in [-0.4, -0.2) is 30.9 Å². The van der Waals surface area contributed by atoms with Crippen molar-refractivity contribution in [2.45, 2.75) is 13.3 Å². The third-order valence-electron chi connectivity index (χ3n) is 2.45. The first-order valence-corrected chi connectivity index (χ1v) is 5.22. The van der Waals surface area contributed by atoms with Crippen molar-refractivity contribution in [1.29, 1.82) is 0 Å². The van der Waals surface area contributed by atoms with Crippen LogP contribution in [-0.2, 0) is 0 Å². The maximum atomic E-state index is 11.9. The molecule has 1 unspecified atom stereocenters. The topological polar surface area (TPSA) is 69.8 Å². The van der Waals surface area contributed by atoms with Crippen molar-refractivity contribution in [3.63, 3.8) is 0 Å². The second-order valence-corrected chi connectivity index (χ2v) is 3.78. The number of hydrogen-bond acceptors (Lipinski definition) is 4. The highest BCUT2D eigenvalue weighted by atomic mass is 16.2. The molecule has 6 heteroatoms. The fourth-order valence-corrected chi connectivity index (χ4v) is 1.51. The molecular weight excluding hydrogens is 220 g/mol. The molecule has 0 aromatic carbocycles. The molecule has 0 amide bonds. The third-order valence-corrected chi connectivity index (χ3v) is 2.45. The van der Waals surface area contributed by atoms with Crippen LogP contribution in [0.5, 0.6) is 0 Å². The van der Waals surface area contributed by atoms with Gasteiger partial charge in [0, 0.05) is 37.1 Å². The summed E-state index contributed by atoms with van der Waals surface area (Å²) in [6, 6.07) is 0. The van der Waals surface area contributed by atoms with Crippen LogP contribution in [0.4, 0.5) is 0 Å². The zero-order valence-corrected chi connectivity index (χ0v) is 9.35. The molecule has 2 aromatic rings. The summed E-state index contributed by atoms with van der Waals surface area (Å²) in [6.45, 7) is 1.72. The van der Waals surface area contributed by atoms with E-state index >= 15 is 0 Å². The number of imidazole rings is 2. The van der Waals surface area contributed by atoms with Crippen molar-refractivity contribution in [2.24, 2.45) is 5.92 Å². The Morgan fingerprint density at radius 2 is 1.71 bits per heavy atom. The van der Waals surface area contributed by atoms with Gasteiger partial charge in [-0.05, 0) is 0 Å². The van der Waals surface area contributed by atoms with Gasteiger partial charge in [0.2, 0.25) is 11.8 Å². The highest BCUT2D eigenvalue weighted by Gasteiger charge is 2.18. The molecule has 17 heavy (non-hydrogen) atoms. The quantitative estimate of drug-likeness (QED) is 0.794. The number of rotatable bonds is 3. The van der Waals surface area contributed by atoms with E-state index in [1.54, 1.807) is 19.3 Å². The van der Waals surface area contributed by atoms with Gasteiger partial charge >= 0.3 is 0 Å². The Morgan fingerprint density at radius 3 is 2.24 bits per heavy atom. The molecule has 88 valence electrons. The Hall–Kier alpha value is -2.24. The predicted molar refractivity (Wildman–Crippen MR) is 59.5 cm³/mol. The van der Waals surface area contributed by atoms with Crippen molar-refractivity contribution < 1.29 is 9.59 Å². The fraction of sp³-hybridized carbons (Fsp3) is 0.273. The Kier molecular flexibility index (Phi) is 3.13. The third kappa shape index (κ3) is 2.47. The minimum absolute atomic E-state index is 0.143. The van der Waals surface area contributed by atoms with Crippen LogP contribution in [0.1, 0.15) is 22.9 Å². The molecule has 0 aliphatic carbocycles.